The predicted molar refractivity (Wildman–Crippen MR) is 96.2 cm³/mol. The van der Waals surface area contributed by atoms with Gasteiger partial charge in [-0.05, 0) is 69.6 Å². The fraction of sp³-hybridized carbons (Fsp3) is 0.800. The molecule has 1 aliphatic rings. The van der Waals surface area contributed by atoms with Gasteiger partial charge in [0.1, 0.15) is 0 Å². The number of aliphatic hydroxyl groups is 3. The van der Waals surface area contributed by atoms with Crippen LogP contribution in [0.15, 0.2) is 24.3 Å². The van der Waals surface area contributed by atoms with Crippen molar-refractivity contribution in [2.75, 3.05) is 13.2 Å². The van der Waals surface area contributed by atoms with E-state index in [0.717, 1.165) is 57.8 Å². The van der Waals surface area contributed by atoms with Crippen LogP contribution in [-0.4, -0.2) is 34.6 Å². The highest BCUT2D eigenvalue weighted by atomic mass is 16.3. The van der Waals surface area contributed by atoms with E-state index in [0.29, 0.717) is 18.4 Å². The Labute approximate surface area is 142 Å². The largest absolute Gasteiger partial charge is 0.396 e. The van der Waals surface area contributed by atoms with Gasteiger partial charge in [-0.15, -0.1) is 0 Å². The van der Waals surface area contributed by atoms with Gasteiger partial charge in [-0.3, -0.25) is 0 Å². The maximum atomic E-state index is 10.2. The van der Waals surface area contributed by atoms with E-state index in [4.69, 9.17) is 10.2 Å². The van der Waals surface area contributed by atoms with Crippen molar-refractivity contribution in [1.82, 2.24) is 0 Å². The number of unbranched alkanes of at least 4 members (excludes halogenated alkanes) is 6. The third kappa shape index (κ3) is 9.29. The lowest BCUT2D eigenvalue weighted by Gasteiger charge is -2.17. The van der Waals surface area contributed by atoms with Gasteiger partial charge >= 0.3 is 0 Å². The van der Waals surface area contributed by atoms with Crippen molar-refractivity contribution in [3.63, 3.8) is 0 Å². The monoisotopic (exact) mass is 324 g/mol. The van der Waals surface area contributed by atoms with Crippen LogP contribution in [0.4, 0.5) is 0 Å². The summed E-state index contributed by atoms with van der Waals surface area (Å²) >= 11 is 0. The number of rotatable bonds is 13. The van der Waals surface area contributed by atoms with Crippen molar-refractivity contribution in [2.24, 2.45) is 11.8 Å². The lowest BCUT2D eigenvalue weighted by Crippen LogP contribution is -2.17. The molecular formula is C20H36O3. The normalized spacial score (nSPS) is 25.1. The van der Waals surface area contributed by atoms with E-state index in [1.807, 2.05) is 0 Å². The number of hydrogen-bond donors (Lipinski definition) is 3. The predicted octanol–water partition coefficient (Wildman–Crippen LogP) is 3.98. The SMILES string of the molecule is OCCCC/C=C\CC1[C@H](O)CC[C@H]1/C=C/CCCCCCO. The van der Waals surface area contributed by atoms with Crippen LogP contribution in [0.3, 0.4) is 0 Å². The summed E-state index contributed by atoms with van der Waals surface area (Å²) < 4.78 is 0. The zero-order chi connectivity index (χ0) is 16.8. The molecule has 0 amide bonds. The van der Waals surface area contributed by atoms with E-state index in [1.165, 1.54) is 12.8 Å². The molecule has 1 fully saturated rings. The van der Waals surface area contributed by atoms with Gasteiger partial charge in [0, 0.05) is 13.2 Å². The summed E-state index contributed by atoms with van der Waals surface area (Å²) in [6.45, 7) is 0.590. The summed E-state index contributed by atoms with van der Waals surface area (Å²) in [7, 11) is 0. The van der Waals surface area contributed by atoms with Crippen LogP contribution in [0.25, 0.3) is 0 Å². The Hall–Kier alpha value is -0.640. The minimum atomic E-state index is -0.156. The number of hydrogen-bond acceptors (Lipinski definition) is 3. The van der Waals surface area contributed by atoms with Crippen LogP contribution in [0, 0.1) is 11.8 Å². The second kappa shape index (κ2) is 13.8. The highest BCUT2D eigenvalue weighted by Gasteiger charge is 2.32. The van der Waals surface area contributed by atoms with Crippen LogP contribution >= 0.6 is 0 Å². The average Bonchev–Trinajstić information content (AvgIpc) is 2.90. The minimum Gasteiger partial charge on any atom is -0.396 e. The average molecular weight is 325 g/mol. The Morgan fingerprint density at radius 1 is 0.739 bits per heavy atom. The van der Waals surface area contributed by atoms with Crippen molar-refractivity contribution >= 4 is 0 Å². The van der Waals surface area contributed by atoms with Crippen molar-refractivity contribution in [3.05, 3.63) is 24.3 Å². The summed E-state index contributed by atoms with van der Waals surface area (Å²) in [5, 5.41) is 27.7. The third-order valence-electron chi connectivity index (χ3n) is 4.86. The van der Waals surface area contributed by atoms with Crippen molar-refractivity contribution in [3.8, 4) is 0 Å². The lowest BCUT2D eigenvalue weighted by atomic mass is 9.90. The van der Waals surface area contributed by atoms with Crippen molar-refractivity contribution in [2.45, 2.75) is 76.7 Å². The Morgan fingerprint density at radius 3 is 2.17 bits per heavy atom. The van der Waals surface area contributed by atoms with E-state index < -0.39 is 0 Å². The first-order valence-electron chi connectivity index (χ1n) is 9.51. The van der Waals surface area contributed by atoms with E-state index >= 15 is 0 Å². The molecule has 1 rings (SSSR count). The highest BCUT2D eigenvalue weighted by molar-refractivity contribution is 5.00. The van der Waals surface area contributed by atoms with E-state index in [9.17, 15) is 5.11 Å². The zero-order valence-electron chi connectivity index (χ0n) is 14.6. The molecule has 134 valence electrons. The summed E-state index contributed by atoms with van der Waals surface area (Å²) in [5.41, 5.74) is 0. The molecule has 0 bridgehead atoms. The molecular weight excluding hydrogens is 288 g/mol. The Balaban J connectivity index is 2.22. The fourth-order valence-electron chi connectivity index (χ4n) is 3.39. The Kier molecular flexibility index (Phi) is 12.2. The van der Waals surface area contributed by atoms with Gasteiger partial charge in [0.15, 0.2) is 0 Å². The topological polar surface area (TPSA) is 60.7 Å². The summed E-state index contributed by atoms with van der Waals surface area (Å²) in [6, 6.07) is 0. The Morgan fingerprint density at radius 2 is 1.39 bits per heavy atom. The summed E-state index contributed by atoms with van der Waals surface area (Å²) in [4.78, 5) is 0. The van der Waals surface area contributed by atoms with E-state index in [2.05, 4.69) is 24.3 Å². The molecule has 3 N–H and O–H groups in total. The number of allylic oxidation sites excluding steroid dienone is 4. The molecule has 0 heterocycles. The molecule has 1 unspecified atom stereocenters. The summed E-state index contributed by atoms with van der Waals surface area (Å²) in [5.74, 6) is 0.888. The van der Waals surface area contributed by atoms with Gasteiger partial charge in [-0.2, -0.15) is 0 Å². The van der Waals surface area contributed by atoms with Gasteiger partial charge in [0.25, 0.3) is 0 Å². The molecule has 1 saturated carbocycles. The van der Waals surface area contributed by atoms with Crippen LogP contribution in [-0.2, 0) is 0 Å². The molecule has 0 aromatic rings. The molecule has 0 spiro atoms. The lowest BCUT2D eigenvalue weighted by molar-refractivity contribution is 0.125. The standard InChI is InChI=1S/C20H36O3/c21-16-10-6-2-1-4-8-12-18-14-15-20(23)19(18)13-9-5-3-7-11-17-22/h5,8-9,12,18-23H,1-4,6-7,10-11,13-17H2/b9-5-,12-8+/t18-,19?,20-/m1/s1. The van der Waals surface area contributed by atoms with Gasteiger partial charge in [-0.1, -0.05) is 37.1 Å². The molecule has 1 aliphatic carbocycles. The molecule has 0 aromatic carbocycles. The van der Waals surface area contributed by atoms with Crippen LogP contribution in [0.2, 0.25) is 0 Å². The minimum absolute atomic E-state index is 0.156. The van der Waals surface area contributed by atoms with E-state index in [-0.39, 0.29) is 12.7 Å². The molecule has 0 saturated heterocycles. The van der Waals surface area contributed by atoms with Gasteiger partial charge < -0.3 is 15.3 Å². The first kappa shape index (κ1) is 20.4. The fourth-order valence-corrected chi connectivity index (χ4v) is 3.39. The molecule has 3 heteroatoms. The van der Waals surface area contributed by atoms with Crippen LogP contribution in [0.5, 0.6) is 0 Å². The highest BCUT2D eigenvalue weighted by Crippen LogP contribution is 2.36. The number of aliphatic hydroxyl groups excluding tert-OH is 3. The van der Waals surface area contributed by atoms with Crippen LogP contribution in [0.1, 0.15) is 70.6 Å². The first-order chi connectivity index (χ1) is 11.3. The maximum Gasteiger partial charge on any atom is 0.0577 e. The summed E-state index contributed by atoms with van der Waals surface area (Å²) in [6.07, 6.45) is 20.4. The Bertz CT molecular complexity index is 325. The smallest absolute Gasteiger partial charge is 0.0577 e. The second-order valence-electron chi connectivity index (χ2n) is 6.75. The van der Waals surface area contributed by atoms with Gasteiger partial charge in [0.2, 0.25) is 0 Å². The van der Waals surface area contributed by atoms with Crippen molar-refractivity contribution < 1.29 is 15.3 Å². The quantitative estimate of drug-likeness (QED) is 0.355. The molecule has 23 heavy (non-hydrogen) atoms. The second-order valence-corrected chi connectivity index (χ2v) is 6.75. The van der Waals surface area contributed by atoms with Gasteiger partial charge in [0.05, 0.1) is 6.10 Å². The molecule has 3 nitrogen and oxygen atoms in total. The van der Waals surface area contributed by atoms with Gasteiger partial charge in [-0.25, -0.2) is 0 Å². The first-order valence-corrected chi connectivity index (χ1v) is 9.51. The van der Waals surface area contributed by atoms with E-state index in [1.54, 1.807) is 0 Å². The van der Waals surface area contributed by atoms with Crippen LogP contribution < -0.4 is 0 Å². The molecule has 0 radical (unpaired) electrons. The maximum absolute atomic E-state index is 10.2. The molecule has 0 aromatic heterocycles. The molecule has 0 aliphatic heterocycles. The third-order valence-corrected chi connectivity index (χ3v) is 4.86. The zero-order valence-corrected chi connectivity index (χ0v) is 14.6. The molecule has 3 atom stereocenters. The van der Waals surface area contributed by atoms with Crippen molar-refractivity contribution in [1.29, 1.82) is 0 Å².